The highest BCUT2D eigenvalue weighted by Gasteiger charge is 2.16. The van der Waals surface area contributed by atoms with Crippen LogP contribution in [0.5, 0.6) is 0 Å². The van der Waals surface area contributed by atoms with Crippen LogP contribution in [0.25, 0.3) is 10.9 Å². The minimum atomic E-state index is 0.649. The first-order valence-electron chi connectivity index (χ1n) is 9.47. The highest BCUT2D eigenvalue weighted by atomic mass is 32.1. The zero-order chi connectivity index (χ0) is 19.4. The third kappa shape index (κ3) is 5.28. The highest BCUT2D eigenvalue weighted by molar-refractivity contribution is 7.80. The van der Waals surface area contributed by atoms with Crippen molar-refractivity contribution in [1.29, 1.82) is 0 Å². The maximum absolute atomic E-state index is 5.39. The number of thiocarbonyl (C=S) groups is 1. The summed E-state index contributed by atoms with van der Waals surface area (Å²) in [6, 6.07) is 8.45. The summed E-state index contributed by atoms with van der Waals surface area (Å²) in [5, 5.41) is 8.32. The number of fused-ring (bicyclic) bond motifs is 1. The van der Waals surface area contributed by atoms with Crippen LogP contribution in [0.4, 0.5) is 11.5 Å². The average Bonchev–Trinajstić information content (AvgIpc) is 2.62. The van der Waals surface area contributed by atoms with E-state index < -0.39 is 0 Å². The molecule has 0 radical (unpaired) electrons. The van der Waals surface area contributed by atoms with Crippen molar-refractivity contribution >= 4 is 39.7 Å². The fourth-order valence-corrected chi connectivity index (χ4v) is 3.44. The van der Waals surface area contributed by atoms with E-state index in [2.05, 4.69) is 57.5 Å². The number of nitrogens with one attached hydrogen (secondary N) is 2. The smallest absolute Gasteiger partial charge is 0.170 e. The monoisotopic (exact) mass is 386 g/mol. The lowest BCUT2D eigenvalue weighted by Crippen LogP contribution is -2.44. The lowest BCUT2D eigenvalue weighted by atomic mass is 10.1. The van der Waals surface area contributed by atoms with E-state index >= 15 is 0 Å². The number of piperazine rings is 1. The van der Waals surface area contributed by atoms with E-state index in [1.54, 1.807) is 0 Å². The summed E-state index contributed by atoms with van der Waals surface area (Å²) in [5.74, 6) is 1.08. The van der Waals surface area contributed by atoms with Gasteiger partial charge >= 0.3 is 0 Å². The molecular formula is C20H30N6S. The van der Waals surface area contributed by atoms with Crippen molar-refractivity contribution in [2.75, 3.05) is 70.6 Å². The minimum absolute atomic E-state index is 0.649. The number of pyridine rings is 1. The Labute approximate surface area is 167 Å². The Morgan fingerprint density at radius 3 is 2.63 bits per heavy atom. The van der Waals surface area contributed by atoms with E-state index in [9.17, 15) is 0 Å². The molecule has 6 nitrogen and oxygen atoms in total. The van der Waals surface area contributed by atoms with Crippen LogP contribution in [0.2, 0.25) is 0 Å². The Morgan fingerprint density at radius 1 is 1.19 bits per heavy atom. The van der Waals surface area contributed by atoms with E-state index in [1.807, 2.05) is 20.2 Å². The Bertz CT molecular complexity index is 798. The van der Waals surface area contributed by atoms with Crippen molar-refractivity contribution in [3.63, 3.8) is 0 Å². The third-order valence-electron chi connectivity index (χ3n) is 4.93. The van der Waals surface area contributed by atoms with Crippen LogP contribution in [-0.4, -0.2) is 80.3 Å². The topological polar surface area (TPSA) is 46.7 Å². The molecule has 0 amide bonds. The van der Waals surface area contributed by atoms with E-state index in [0.717, 1.165) is 61.7 Å². The van der Waals surface area contributed by atoms with E-state index in [1.165, 1.54) is 5.56 Å². The van der Waals surface area contributed by atoms with Crippen molar-refractivity contribution in [3.8, 4) is 0 Å². The SMILES string of the molecule is Cc1cc(N2CCN(C)CC2)nc2ccc(NC(=S)NCCN(C)C)cc12. The number of anilines is 2. The molecule has 2 aromatic rings. The Morgan fingerprint density at radius 2 is 1.93 bits per heavy atom. The van der Waals surface area contributed by atoms with Crippen LogP contribution < -0.4 is 15.5 Å². The van der Waals surface area contributed by atoms with Crippen LogP contribution in [0.1, 0.15) is 5.56 Å². The Kier molecular flexibility index (Phi) is 6.46. The summed E-state index contributed by atoms with van der Waals surface area (Å²) in [5.41, 5.74) is 3.26. The largest absolute Gasteiger partial charge is 0.361 e. The van der Waals surface area contributed by atoms with E-state index in [0.29, 0.717) is 5.11 Å². The van der Waals surface area contributed by atoms with Crippen molar-refractivity contribution in [2.45, 2.75) is 6.92 Å². The lowest BCUT2D eigenvalue weighted by molar-refractivity contribution is 0.312. The first-order valence-corrected chi connectivity index (χ1v) is 9.87. The molecular weight excluding hydrogens is 356 g/mol. The molecule has 146 valence electrons. The average molecular weight is 387 g/mol. The number of nitrogens with zero attached hydrogens (tertiary/aromatic N) is 4. The van der Waals surface area contributed by atoms with Crippen molar-refractivity contribution < 1.29 is 0 Å². The van der Waals surface area contributed by atoms with Gasteiger partial charge in [0, 0.05) is 50.3 Å². The number of hydrogen-bond donors (Lipinski definition) is 2. The normalized spacial score (nSPS) is 15.4. The molecule has 1 aliphatic heterocycles. The first kappa shape index (κ1) is 19.8. The molecule has 1 aromatic heterocycles. The number of hydrogen-bond acceptors (Lipinski definition) is 5. The molecule has 2 N–H and O–H groups in total. The summed E-state index contributed by atoms with van der Waals surface area (Å²) in [7, 11) is 6.27. The maximum atomic E-state index is 5.39. The molecule has 1 saturated heterocycles. The first-order chi connectivity index (χ1) is 12.9. The molecule has 3 rings (SSSR count). The summed E-state index contributed by atoms with van der Waals surface area (Å²) >= 11 is 5.39. The second-order valence-corrected chi connectivity index (χ2v) is 7.91. The molecule has 0 unspecified atom stereocenters. The van der Waals surface area contributed by atoms with Crippen molar-refractivity contribution in [2.24, 2.45) is 0 Å². The van der Waals surface area contributed by atoms with Gasteiger partial charge in [-0.05, 0) is 70.1 Å². The zero-order valence-electron chi connectivity index (χ0n) is 16.7. The third-order valence-corrected chi connectivity index (χ3v) is 5.18. The van der Waals surface area contributed by atoms with Gasteiger partial charge in [0.15, 0.2) is 5.11 Å². The van der Waals surface area contributed by atoms with Crippen LogP contribution in [0.15, 0.2) is 24.3 Å². The van der Waals surface area contributed by atoms with Gasteiger partial charge < -0.3 is 25.3 Å². The van der Waals surface area contributed by atoms with Crippen LogP contribution in [-0.2, 0) is 0 Å². The van der Waals surface area contributed by atoms with E-state index in [-0.39, 0.29) is 0 Å². The Balaban J connectivity index is 1.71. The molecule has 0 atom stereocenters. The summed E-state index contributed by atoms with van der Waals surface area (Å²) in [6.07, 6.45) is 0. The van der Waals surface area contributed by atoms with Crippen LogP contribution in [0.3, 0.4) is 0 Å². The molecule has 1 aliphatic rings. The molecule has 2 heterocycles. The number of aryl methyl sites for hydroxylation is 1. The molecule has 0 bridgehead atoms. The van der Waals surface area contributed by atoms with E-state index in [4.69, 9.17) is 17.2 Å². The predicted octanol–water partition coefficient (Wildman–Crippen LogP) is 2.14. The quantitative estimate of drug-likeness (QED) is 0.764. The van der Waals surface area contributed by atoms with Gasteiger partial charge in [0.1, 0.15) is 5.82 Å². The van der Waals surface area contributed by atoms with Gasteiger partial charge in [-0.2, -0.15) is 0 Å². The fraction of sp³-hybridized carbons (Fsp3) is 0.500. The molecule has 7 heteroatoms. The second kappa shape index (κ2) is 8.82. The lowest BCUT2D eigenvalue weighted by Gasteiger charge is -2.33. The molecule has 0 spiro atoms. The van der Waals surface area contributed by atoms with Gasteiger partial charge in [0.2, 0.25) is 0 Å². The number of likely N-dealkylation sites (N-methyl/N-ethyl adjacent to an activating group) is 2. The highest BCUT2D eigenvalue weighted by Crippen LogP contribution is 2.25. The summed E-state index contributed by atoms with van der Waals surface area (Å²) in [6.45, 7) is 8.14. The van der Waals surface area contributed by atoms with Gasteiger partial charge in [-0.3, -0.25) is 0 Å². The molecule has 1 aromatic carbocycles. The summed E-state index contributed by atoms with van der Waals surface area (Å²) in [4.78, 5) is 11.8. The summed E-state index contributed by atoms with van der Waals surface area (Å²) < 4.78 is 0. The van der Waals surface area contributed by atoms with Gasteiger partial charge in [-0.15, -0.1) is 0 Å². The van der Waals surface area contributed by atoms with Crippen molar-refractivity contribution in [1.82, 2.24) is 20.1 Å². The van der Waals surface area contributed by atoms with Gasteiger partial charge in [-0.25, -0.2) is 4.98 Å². The molecule has 1 fully saturated rings. The van der Waals surface area contributed by atoms with Crippen LogP contribution >= 0.6 is 12.2 Å². The standard InChI is InChI=1S/C20H30N6S/c1-15-13-19(26-11-9-25(4)10-12-26)23-18-6-5-16(14-17(15)18)22-20(27)21-7-8-24(2)3/h5-6,13-14H,7-12H2,1-4H3,(H2,21,22,27). The van der Waals surface area contributed by atoms with Crippen molar-refractivity contribution in [3.05, 3.63) is 29.8 Å². The van der Waals surface area contributed by atoms with Gasteiger partial charge in [0.25, 0.3) is 0 Å². The Hall–Kier alpha value is -1.96. The van der Waals surface area contributed by atoms with Crippen LogP contribution in [0, 0.1) is 6.92 Å². The predicted molar refractivity (Wildman–Crippen MR) is 119 cm³/mol. The van der Waals surface area contributed by atoms with Gasteiger partial charge in [0.05, 0.1) is 5.52 Å². The number of benzene rings is 1. The number of rotatable bonds is 5. The number of aromatic nitrogens is 1. The molecule has 0 aliphatic carbocycles. The molecule has 27 heavy (non-hydrogen) atoms. The fourth-order valence-electron chi connectivity index (χ4n) is 3.22. The maximum Gasteiger partial charge on any atom is 0.170 e. The molecule has 0 saturated carbocycles. The van der Waals surface area contributed by atoms with Gasteiger partial charge in [-0.1, -0.05) is 0 Å². The zero-order valence-corrected chi connectivity index (χ0v) is 17.6. The second-order valence-electron chi connectivity index (χ2n) is 7.50. The minimum Gasteiger partial charge on any atom is -0.361 e.